The SMILES string of the molecule is CCCCC(CC)CCc1ccc(-c2cccs2)s1. The van der Waals surface area contributed by atoms with Gasteiger partial charge in [0.25, 0.3) is 0 Å². The summed E-state index contributed by atoms with van der Waals surface area (Å²) in [7, 11) is 0. The van der Waals surface area contributed by atoms with Crippen molar-refractivity contribution in [1.29, 1.82) is 0 Å². The van der Waals surface area contributed by atoms with Gasteiger partial charge >= 0.3 is 0 Å². The number of hydrogen-bond acceptors (Lipinski definition) is 2. The topological polar surface area (TPSA) is 0 Å². The predicted octanol–water partition coefficient (Wildman–Crippen LogP) is 6.63. The fourth-order valence-corrected chi connectivity index (χ4v) is 4.31. The van der Waals surface area contributed by atoms with Crippen LogP contribution in [0.3, 0.4) is 0 Å². The maximum atomic E-state index is 2.34. The predicted molar refractivity (Wildman–Crippen MR) is 89.3 cm³/mol. The Morgan fingerprint density at radius 2 is 1.95 bits per heavy atom. The Morgan fingerprint density at radius 3 is 2.63 bits per heavy atom. The molecule has 0 saturated heterocycles. The van der Waals surface area contributed by atoms with E-state index in [1.165, 1.54) is 48.3 Å². The summed E-state index contributed by atoms with van der Waals surface area (Å²) in [5.41, 5.74) is 0. The second-order valence-corrected chi connectivity index (χ2v) is 7.31. The van der Waals surface area contributed by atoms with Crippen molar-refractivity contribution in [3.05, 3.63) is 34.5 Å². The van der Waals surface area contributed by atoms with Crippen molar-refractivity contribution < 1.29 is 0 Å². The lowest BCUT2D eigenvalue weighted by molar-refractivity contribution is 0.423. The molecule has 0 bridgehead atoms. The van der Waals surface area contributed by atoms with E-state index >= 15 is 0 Å². The Balaban J connectivity index is 1.86. The van der Waals surface area contributed by atoms with Gasteiger partial charge in [-0.25, -0.2) is 0 Å². The molecule has 0 aliphatic carbocycles. The van der Waals surface area contributed by atoms with Gasteiger partial charge in [-0.15, -0.1) is 22.7 Å². The van der Waals surface area contributed by atoms with Crippen LogP contribution in [0.2, 0.25) is 0 Å². The van der Waals surface area contributed by atoms with Crippen molar-refractivity contribution in [2.45, 2.75) is 52.4 Å². The molecular weight excluding hydrogens is 268 g/mol. The molecule has 19 heavy (non-hydrogen) atoms. The van der Waals surface area contributed by atoms with Gasteiger partial charge in [0, 0.05) is 14.6 Å². The van der Waals surface area contributed by atoms with E-state index in [2.05, 4.69) is 43.5 Å². The molecule has 2 heteroatoms. The van der Waals surface area contributed by atoms with Crippen molar-refractivity contribution in [3.63, 3.8) is 0 Å². The monoisotopic (exact) mass is 292 g/mol. The molecule has 0 amide bonds. The van der Waals surface area contributed by atoms with Gasteiger partial charge in [-0.3, -0.25) is 0 Å². The van der Waals surface area contributed by atoms with Gasteiger partial charge in [-0.1, -0.05) is 45.6 Å². The van der Waals surface area contributed by atoms with Crippen LogP contribution in [-0.2, 0) is 6.42 Å². The van der Waals surface area contributed by atoms with Crippen LogP contribution in [0.15, 0.2) is 29.6 Å². The molecule has 2 aromatic rings. The van der Waals surface area contributed by atoms with E-state index in [-0.39, 0.29) is 0 Å². The van der Waals surface area contributed by atoms with Crippen LogP contribution in [0.5, 0.6) is 0 Å². The minimum atomic E-state index is 0.923. The Morgan fingerprint density at radius 1 is 1.05 bits per heavy atom. The summed E-state index contributed by atoms with van der Waals surface area (Å²) >= 11 is 3.82. The van der Waals surface area contributed by atoms with E-state index < -0.39 is 0 Å². The number of aryl methyl sites for hydroxylation is 1. The third kappa shape index (κ3) is 4.47. The van der Waals surface area contributed by atoms with E-state index in [0.717, 1.165) is 5.92 Å². The number of unbranched alkanes of at least 4 members (excludes halogenated alkanes) is 1. The highest BCUT2D eigenvalue weighted by molar-refractivity contribution is 7.21. The first kappa shape index (κ1) is 14.8. The second kappa shape index (κ2) is 7.86. The summed E-state index contributed by atoms with van der Waals surface area (Å²) in [5.74, 6) is 0.923. The van der Waals surface area contributed by atoms with Gasteiger partial charge in [-0.05, 0) is 42.3 Å². The molecule has 2 rings (SSSR count). The molecule has 0 aliphatic heterocycles. The average Bonchev–Trinajstić information content (AvgIpc) is 3.09. The molecule has 2 heterocycles. The van der Waals surface area contributed by atoms with Crippen molar-refractivity contribution >= 4 is 22.7 Å². The van der Waals surface area contributed by atoms with Crippen LogP contribution in [0.1, 0.15) is 50.8 Å². The van der Waals surface area contributed by atoms with Crippen LogP contribution in [0.4, 0.5) is 0 Å². The standard InChI is InChI=1S/C17H24S2/c1-3-5-7-14(4-2)9-10-15-11-12-17(19-15)16-8-6-13-18-16/h6,8,11-14H,3-5,7,9-10H2,1-2H3. The normalized spacial score (nSPS) is 12.7. The fraction of sp³-hybridized carbons (Fsp3) is 0.529. The van der Waals surface area contributed by atoms with E-state index in [9.17, 15) is 0 Å². The van der Waals surface area contributed by atoms with Gasteiger partial charge < -0.3 is 0 Å². The van der Waals surface area contributed by atoms with Crippen LogP contribution in [0, 0.1) is 5.92 Å². The molecule has 2 aromatic heterocycles. The highest BCUT2D eigenvalue weighted by Crippen LogP contribution is 2.32. The Kier molecular flexibility index (Phi) is 6.12. The Hall–Kier alpha value is -0.600. The van der Waals surface area contributed by atoms with Gasteiger partial charge in [0.05, 0.1) is 0 Å². The summed E-state index contributed by atoms with van der Waals surface area (Å²) in [6, 6.07) is 8.97. The molecule has 0 radical (unpaired) electrons. The third-order valence-corrected chi connectivity index (χ3v) is 5.98. The molecule has 0 saturated carbocycles. The summed E-state index contributed by atoms with van der Waals surface area (Å²) in [6.45, 7) is 4.63. The zero-order chi connectivity index (χ0) is 13.5. The lowest BCUT2D eigenvalue weighted by Gasteiger charge is -2.13. The van der Waals surface area contributed by atoms with Gasteiger partial charge in [0.2, 0.25) is 0 Å². The molecule has 1 unspecified atom stereocenters. The molecule has 0 spiro atoms. The lowest BCUT2D eigenvalue weighted by atomic mass is 9.94. The summed E-state index contributed by atoms with van der Waals surface area (Å²) in [4.78, 5) is 4.40. The highest BCUT2D eigenvalue weighted by atomic mass is 32.1. The fourth-order valence-electron chi connectivity index (χ4n) is 2.46. The van der Waals surface area contributed by atoms with Crippen molar-refractivity contribution in [3.8, 4) is 9.75 Å². The van der Waals surface area contributed by atoms with E-state index in [1.54, 1.807) is 4.88 Å². The summed E-state index contributed by atoms with van der Waals surface area (Å²) < 4.78 is 0. The van der Waals surface area contributed by atoms with Crippen molar-refractivity contribution in [2.24, 2.45) is 5.92 Å². The quantitative estimate of drug-likeness (QED) is 0.512. The van der Waals surface area contributed by atoms with Crippen LogP contribution in [0.25, 0.3) is 9.75 Å². The minimum Gasteiger partial charge on any atom is -0.143 e. The maximum absolute atomic E-state index is 2.34. The molecule has 0 nitrogen and oxygen atoms in total. The Bertz CT molecular complexity index is 453. The number of hydrogen-bond donors (Lipinski definition) is 0. The molecule has 0 N–H and O–H groups in total. The van der Waals surface area contributed by atoms with Crippen LogP contribution < -0.4 is 0 Å². The first-order valence-electron chi connectivity index (χ1n) is 7.46. The zero-order valence-electron chi connectivity index (χ0n) is 12.0. The Labute approximate surface area is 125 Å². The van der Waals surface area contributed by atoms with Crippen molar-refractivity contribution in [1.82, 2.24) is 0 Å². The highest BCUT2D eigenvalue weighted by Gasteiger charge is 2.08. The van der Waals surface area contributed by atoms with Gasteiger partial charge in [0.15, 0.2) is 0 Å². The van der Waals surface area contributed by atoms with E-state index in [1.807, 2.05) is 22.7 Å². The third-order valence-electron chi connectivity index (χ3n) is 3.77. The second-order valence-electron chi connectivity index (χ2n) is 5.20. The van der Waals surface area contributed by atoms with Gasteiger partial charge in [0.1, 0.15) is 0 Å². The van der Waals surface area contributed by atoms with Crippen LogP contribution >= 0.6 is 22.7 Å². The minimum absolute atomic E-state index is 0.923. The number of rotatable bonds is 8. The first-order valence-corrected chi connectivity index (χ1v) is 9.15. The molecule has 0 aromatic carbocycles. The average molecular weight is 293 g/mol. The summed E-state index contributed by atoms with van der Waals surface area (Å²) in [6.07, 6.45) is 8.10. The smallest absolute Gasteiger partial charge is 0.0445 e. The van der Waals surface area contributed by atoms with Gasteiger partial charge in [-0.2, -0.15) is 0 Å². The lowest BCUT2D eigenvalue weighted by Crippen LogP contribution is -2.00. The van der Waals surface area contributed by atoms with Crippen LogP contribution in [-0.4, -0.2) is 0 Å². The molecular formula is C17H24S2. The molecule has 0 aliphatic rings. The van der Waals surface area contributed by atoms with E-state index in [4.69, 9.17) is 0 Å². The molecule has 104 valence electrons. The zero-order valence-corrected chi connectivity index (χ0v) is 13.7. The maximum Gasteiger partial charge on any atom is 0.0445 e. The van der Waals surface area contributed by atoms with E-state index in [0.29, 0.717) is 0 Å². The van der Waals surface area contributed by atoms with Crippen molar-refractivity contribution in [2.75, 3.05) is 0 Å². The largest absolute Gasteiger partial charge is 0.143 e. The molecule has 1 atom stereocenters. The first-order chi connectivity index (χ1) is 9.33. The summed E-state index contributed by atoms with van der Waals surface area (Å²) in [5, 5.41) is 2.16. The molecule has 0 fully saturated rings. The number of thiophene rings is 2.